The van der Waals surface area contributed by atoms with Crippen LogP contribution in [0.25, 0.3) is 0 Å². The third-order valence-corrected chi connectivity index (χ3v) is 2.78. The normalized spacial score (nSPS) is 15.9. The van der Waals surface area contributed by atoms with Gasteiger partial charge in [0.25, 0.3) is 0 Å². The van der Waals surface area contributed by atoms with Crippen molar-refractivity contribution in [3.8, 4) is 5.75 Å². The van der Waals surface area contributed by atoms with Crippen molar-refractivity contribution in [1.29, 1.82) is 0 Å². The summed E-state index contributed by atoms with van der Waals surface area (Å²) in [5, 5.41) is 13.0. The Kier molecular flexibility index (Phi) is 3.58. The van der Waals surface area contributed by atoms with E-state index in [0.29, 0.717) is 5.11 Å². The maximum atomic E-state index is 9.15. The molecule has 4 nitrogen and oxygen atoms in total. The number of phenolic OH excluding ortho intramolecular Hbond substituents is 1. The molecule has 1 aliphatic heterocycles. The summed E-state index contributed by atoms with van der Waals surface area (Å²) < 4.78 is 5.25. The van der Waals surface area contributed by atoms with E-state index in [-0.39, 0.29) is 5.75 Å². The zero-order valence-corrected chi connectivity index (χ0v) is 9.67. The van der Waals surface area contributed by atoms with E-state index >= 15 is 0 Å². The minimum Gasteiger partial charge on any atom is -0.508 e. The summed E-state index contributed by atoms with van der Waals surface area (Å²) in [4.78, 5) is 2.08. The van der Waals surface area contributed by atoms with Gasteiger partial charge in [-0.25, -0.2) is 0 Å². The van der Waals surface area contributed by atoms with E-state index in [4.69, 9.17) is 22.1 Å². The predicted octanol–water partition coefficient (Wildman–Crippen LogP) is 1.42. The van der Waals surface area contributed by atoms with E-state index in [1.165, 1.54) is 0 Å². The first-order chi connectivity index (χ1) is 7.75. The highest BCUT2D eigenvalue weighted by Gasteiger charge is 2.13. The van der Waals surface area contributed by atoms with Crippen LogP contribution >= 0.6 is 12.2 Å². The highest BCUT2D eigenvalue weighted by atomic mass is 32.1. The van der Waals surface area contributed by atoms with Gasteiger partial charge in [-0.3, -0.25) is 0 Å². The fourth-order valence-corrected chi connectivity index (χ4v) is 1.81. The Labute approximate surface area is 99.8 Å². The lowest BCUT2D eigenvalue weighted by molar-refractivity contribution is 0.0690. The van der Waals surface area contributed by atoms with Crippen LogP contribution in [0.2, 0.25) is 0 Å². The molecule has 0 radical (unpaired) electrons. The van der Waals surface area contributed by atoms with Crippen molar-refractivity contribution in [3.05, 3.63) is 24.3 Å². The molecule has 16 heavy (non-hydrogen) atoms. The molecule has 86 valence electrons. The summed E-state index contributed by atoms with van der Waals surface area (Å²) in [6.07, 6.45) is 0. The lowest BCUT2D eigenvalue weighted by atomic mass is 10.3. The van der Waals surface area contributed by atoms with Gasteiger partial charge in [0.2, 0.25) is 0 Å². The van der Waals surface area contributed by atoms with Crippen LogP contribution in [-0.2, 0) is 4.74 Å². The topological polar surface area (TPSA) is 44.7 Å². The highest BCUT2D eigenvalue weighted by molar-refractivity contribution is 7.80. The van der Waals surface area contributed by atoms with E-state index in [2.05, 4.69) is 10.2 Å². The van der Waals surface area contributed by atoms with Gasteiger partial charge in [0.1, 0.15) is 5.75 Å². The first-order valence-electron chi connectivity index (χ1n) is 5.18. The van der Waals surface area contributed by atoms with Crippen molar-refractivity contribution in [2.24, 2.45) is 0 Å². The maximum Gasteiger partial charge on any atom is 0.173 e. The highest BCUT2D eigenvalue weighted by Crippen LogP contribution is 2.14. The molecule has 1 saturated heterocycles. The summed E-state index contributed by atoms with van der Waals surface area (Å²) in [5.41, 5.74) is 0.884. The van der Waals surface area contributed by atoms with E-state index < -0.39 is 0 Å². The van der Waals surface area contributed by atoms with Crippen molar-refractivity contribution in [1.82, 2.24) is 4.90 Å². The molecule has 2 rings (SSSR count). The maximum absolute atomic E-state index is 9.15. The van der Waals surface area contributed by atoms with Crippen LogP contribution in [0.15, 0.2) is 24.3 Å². The fourth-order valence-electron chi connectivity index (χ4n) is 1.51. The third kappa shape index (κ3) is 2.84. The second-order valence-corrected chi connectivity index (χ2v) is 3.96. The second-order valence-electron chi connectivity index (χ2n) is 3.58. The van der Waals surface area contributed by atoms with E-state index in [1.807, 2.05) is 0 Å². The minimum absolute atomic E-state index is 0.253. The quantitative estimate of drug-likeness (QED) is 0.572. The predicted molar refractivity (Wildman–Crippen MR) is 66.7 cm³/mol. The number of nitrogens with one attached hydrogen (secondary N) is 1. The van der Waals surface area contributed by atoms with Crippen LogP contribution in [-0.4, -0.2) is 41.4 Å². The Hall–Kier alpha value is -1.33. The smallest absolute Gasteiger partial charge is 0.173 e. The molecule has 0 atom stereocenters. The molecule has 0 aromatic heterocycles. The third-order valence-electron chi connectivity index (χ3n) is 2.42. The molecular formula is C11H14N2O2S. The molecular weight excluding hydrogens is 224 g/mol. The van der Waals surface area contributed by atoms with Crippen molar-refractivity contribution in [2.45, 2.75) is 0 Å². The largest absolute Gasteiger partial charge is 0.508 e. The van der Waals surface area contributed by atoms with Crippen LogP contribution < -0.4 is 5.32 Å². The van der Waals surface area contributed by atoms with E-state index in [0.717, 1.165) is 32.0 Å². The number of hydrogen-bond acceptors (Lipinski definition) is 3. The van der Waals surface area contributed by atoms with Crippen molar-refractivity contribution < 1.29 is 9.84 Å². The van der Waals surface area contributed by atoms with Gasteiger partial charge in [0.05, 0.1) is 13.2 Å². The zero-order valence-electron chi connectivity index (χ0n) is 8.85. The Balaban J connectivity index is 1.93. The van der Waals surface area contributed by atoms with Crippen LogP contribution in [0, 0.1) is 0 Å². The Bertz CT molecular complexity index is 361. The molecule has 2 N–H and O–H groups in total. The molecule has 5 heteroatoms. The number of ether oxygens (including phenoxy) is 1. The summed E-state index contributed by atoms with van der Waals surface area (Å²) in [7, 11) is 0. The van der Waals surface area contributed by atoms with Crippen LogP contribution in [0.1, 0.15) is 0 Å². The minimum atomic E-state index is 0.253. The number of phenols is 1. The molecule has 0 aliphatic carbocycles. The molecule has 1 heterocycles. The number of hydrogen-bond donors (Lipinski definition) is 2. The van der Waals surface area contributed by atoms with Gasteiger partial charge in [-0.05, 0) is 36.5 Å². The molecule has 1 aromatic carbocycles. The Morgan fingerprint density at radius 1 is 1.25 bits per heavy atom. The molecule has 0 amide bonds. The van der Waals surface area contributed by atoms with Gasteiger partial charge in [-0.15, -0.1) is 0 Å². The van der Waals surface area contributed by atoms with Crippen LogP contribution in [0.3, 0.4) is 0 Å². The van der Waals surface area contributed by atoms with Gasteiger partial charge >= 0.3 is 0 Å². The monoisotopic (exact) mass is 238 g/mol. The average molecular weight is 238 g/mol. The second kappa shape index (κ2) is 5.14. The molecule has 1 aromatic rings. The van der Waals surface area contributed by atoms with Crippen LogP contribution in [0.5, 0.6) is 5.75 Å². The summed E-state index contributed by atoms with van der Waals surface area (Å²) in [6, 6.07) is 6.85. The molecule has 0 spiro atoms. The molecule has 0 unspecified atom stereocenters. The number of nitrogens with zero attached hydrogens (tertiary/aromatic N) is 1. The van der Waals surface area contributed by atoms with Crippen molar-refractivity contribution in [2.75, 3.05) is 31.6 Å². The van der Waals surface area contributed by atoms with Gasteiger partial charge < -0.3 is 20.1 Å². The standard InChI is InChI=1S/C11H14N2O2S/c14-10-3-1-9(2-4-10)12-11(16)13-5-7-15-8-6-13/h1-4,14H,5-8H2,(H,12,16). The summed E-state index contributed by atoms with van der Waals surface area (Å²) in [5.74, 6) is 0.253. The van der Waals surface area contributed by atoms with E-state index in [9.17, 15) is 0 Å². The number of aromatic hydroxyl groups is 1. The van der Waals surface area contributed by atoms with Crippen molar-refractivity contribution in [3.63, 3.8) is 0 Å². The van der Waals surface area contributed by atoms with Crippen LogP contribution in [0.4, 0.5) is 5.69 Å². The Morgan fingerprint density at radius 3 is 2.50 bits per heavy atom. The van der Waals surface area contributed by atoms with Gasteiger partial charge in [-0.2, -0.15) is 0 Å². The molecule has 1 aliphatic rings. The SMILES string of the molecule is Oc1ccc(NC(=S)N2CCOCC2)cc1. The van der Waals surface area contributed by atoms with E-state index in [1.54, 1.807) is 24.3 Å². The number of morpholine rings is 1. The first kappa shape index (κ1) is 11.2. The lowest BCUT2D eigenvalue weighted by Gasteiger charge is -2.29. The van der Waals surface area contributed by atoms with Gasteiger partial charge in [0.15, 0.2) is 5.11 Å². The number of benzene rings is 1. The zero-order chi connectivity index (χ0) is 11.4. The number of thiocarbonyl (C=S) groups is 1. The molecule has 0 bridgehead atoms. The first-order valence-corrected chi connectivity index (χ1v) is 5.59. The number of rotatable bonds is 1. The van der Waals surface area contributed by atoms with Gasteiger partial charge in [-0.1, -0.05) is 0 Å². The van der Waals surface area contributed by atoms with Gasteiger partial charge in [0, 0.05) is 18.8 Å². The fraction of sp³-hybridized carbons (Fsp3) is 0.364. The average Bonchev–Trinajstić information content (AvgIpc) is 2.33. The van der Waals surface area contributed by atoms with Crippen molar-refractivity contribution >= 4 is 23.0 Å². The summed E-state index contributed by atoms with van der Waals surface area (Å²) in [6.45, 7) is 3.09. The number of anilines is 1. The molecule has 1 fully saturated rings. The summed E-state index contributed by atoms with van der Waals surface area (Å²) >= 11 is 5.29. The lowest BCUT2D eigenvalue weighted by Crippen LogP contribution is -2.42. The Morgan fingerprint density at radius 2 is 1.88 bits per heavy atom. The molecule has 0 saturated carbocycles.